The Kier molecular flexibility index (Phi) is 5.96. The summed E-state index contributed by atoms with van der Waals surface area (Å²) >= 11 is 0. The number of nitrogens with zero attached hydrogens (tertiary/aromatic N) is 6. The minimum Gasteiger partial charge on any atom is -0.319 e. The average Bonchev–Trinajstić information content (AvgIpc) is 3.68. The molecule has 3 aliphatic heterocycles. The first-order chi connectivity index (χ1) is 18.9. The van der Waals surface area contributed by atoms with Crippen molar-refractivity contribution in [2.45, 2.75) is 31.9 Å². The van der Waals surface area contributed by atoms with Crippen LogP contribution in [0.1, 0.15) is 23.9 Å². The topological polar surface area (TPSA) is 83.8 Å². The number of rotatable bonds is 6. The maximum Gasteiger partial charge on any atom is 0.259 e. The van der Waals surface area contributed by atoms with Gasteiger partial charge in [0.1, 0.15) is 22.9 Å². The maximum absolute atomic E-state index is 15.0. The molecule has 6 heterocycles. The number of hydrogen-bond donors (Lipinski definition) is 2. The van der Waals surface area contributed by atoms with Gasteiger partial charge in [0, 0.05) is 37.8 Å². The van der Waals surface area contributed by atoms with Crippen molar-refractivity contribution >= 4 is 22.8 Å². The van der Waals surface area contributed by atoms with Crippen LogP contribution in [0.25, 0.3) is 22.3 Å². The first kappa shape index (κ1) is 24.4. The number of alkyl halides is 2. The molecule has 0 aliphatic carbocycles. The third-order valence-electron chi connectivity index (χ3n) is 8.06. The van der Waals surface area contributed by atoms with Gasteiger partial charge in [0.15, 0.2) is 11.6 Å². The van der Waals surface area contributed by atoms with E-state index in [1.807, 2.05) is 12.1 Å². The van der Waals surface area contributed by atoms with E-state index < -0.39 is 24.1 Å². The van der Waals surface area contributed by atoms with E-state index in [1.165, 1.54) is 10.6 Å². The van der Waals surface area contributed by atoms with Gasteiger partial charge in [-0.2, -0.15) is 0 Å². The molecule has 2 fully saturated rings. The lowest BCUT2D eigenvalue weighted by Crippen LogP contribution is -2.25. The van der Waals surface area contributed by atoms with Gasteiger partial charge >= 0.3 is 0 Å². The number of nitrogens with one attached hydrogen (secondary N) is 2. The van der Waals surface area contributed by atoms with E-state index >= 15 is 0 Å². The number of pyridine rings is 1. The number of anilines is 2. The number of fused-ring (bicyclic) bond motifs is 4. The number of aryl methyl sites for hydroxylation is 1. The molecule has 39 heavy (non-hydrogen) atoms. The Labute approximate surface area is 221 Å². The monoisotopic (exact) mass is 538 g/mol. The van der Waals surface area contributed by atoms with Crippen molar-refractivity contribution in [3.63, 3.8) is 0 Å². The van der Waals surface area contributed by atoms with Gasteiger partial charge in [-0.25, -0.2) is 37.5 Å². The smallest absolute Gasteiger partial charge is 0.259 e. The summed E-state index contributed by atoms with van der Waals surface area (Å²) < 4.78 is 58.4. The van der Waals surface area contributed by atoms with Gasteiger partial charge in [0.2, 0.25) is 5.95 Å². The summed E-state index contributed by atoms with van der Waals surface area (Å²) in [6.45, 7) is 5.17. The van der Waals surface area contributed by atoms with Crippen LogP contribution in [0.4, 0.5) is 29.3 Å². The molecule has 0 spiro atoms. The predicted octanol–water partition coefficient (Wildman–Crippen LogP) is 4.31. The average molecular weight is 539 g/mol. The van der Waals surface area contributed by atoms with Crippen molar-refractivity contribution in [2.24, 2.45) is 11.8 Å². The summed E-state index contributed by atoms with van der Waals surface area (Å²) in [6.07, 6.45) is 0.718. The Morgan fingerprint density at radius 2 is 1.82 bits per heavy atom. The lowest BCUT2D eigenvalue weighted by atomic mass is 10.0. The standard InChI is InChI=1S/C27H26F4N8/c28-18-5-15(6-21-25(18)36-23-4-2-20(26(30)31)39(21)23)24-19(29)10-34-27(37-24)35-22-3-1-14(7-33-22)11-38-12-16-8-32-9-17(16)13-38/h1,3,5-7,10,16-17,20,26,32H,2,4,8-9,11-13H2,(H,33,34,35,37). The fourth-order valence-corrected chi connectivity index (χ4v) is 6.20. The number of benzene rings is 1. The van der Waals surface area contributed by atoms with Gasteiger partial charge in [-0.3, -0.25) is 4.90 Å². The summed E-state index contributed by atoms with van der Waals surface area (Å²) in [7, 11) is 0. The van der Waals surface area contributed by atoms with E-state index in [9.17, 15) is 17.6 Å². The van der Waals surface area contributed by atoms with Crippen LogP contribution in [0, 0.1) is 23.5 Å². The van der Waals surface area contributed by atoms with E-state index in [0.29, 0.717) is 18.1 Å². The summed E-state index contributed by atoms with van der Waals surface area (Å²) in [5.41, 5.74) is 1.24. The quantitative estimate of drug-likeness (QED) is 0.354. The van der Waals surface area contributed by atoms with Gasteiger partial charge < -0.3 is 15.2 Å². The first-order valence-corrected chi connectivity index (χ1v) is 13.1. The van der Waals surface area contributed by atoms with Crippen molar-refractivity contribution in [3.8, 4) is 11.3 Å². The van der Waals surface area contributed by atoms with E-state index in [-0.39, 0.29) is 34.7 Å². The Balaban J connectivity index is 1.12. The fraction of sp³-hybridized carbons (Fsp3) is 0.407. The minimum atomic E-state index is -2.62. The Hall–Kier alpha value is -3.64. The molecular weight excluding hydrogens is 512 g/mol. The second-order valence-corrected chi connectivity index (χ2v) is 10.6. The molecule has 3 unspecified atom stereocenters. The van der Waals surface area contributed by atoms with Crippen LogP contribution < -0.4 is 10.6 Å². The van der Waals surface area contributed by atoms with Crippen molar-refractivity contribution in [1.82, 2.24) is 34.7 Å². The van der Waals surface area contributed by atoms with Crippen molar-refractivity contribution in [3.05, 3.63) is 59.7 Å². The highest BCUT2D eigenvalue weighted by Gasteiger charge is 2.36. The number of likely N-dealkylation sites (tertiary alicyclic amines) is 1. The van der Waals surface area contributed by atoms with Crippen LogP contribution in [-0.4, -0.2) is 62.0 Å². The molecule has 12 heteroatoms. The zero-order valence-corrected chi connectivity index (χ0v) is 20.9. The molecule has 2 saturated heterocycles. The molecule has 3 aliphatic rings. The molecule has 2 N–H and O–H groups in total. The third kappa shape index (κ3) is 4.41. The van der Waals surface area contributed by atoms with Crippen molar-refractivity contribution in [1.29, 1.82) is 0 Å². The molecular formula is C27H26F4N8. The zero-order chi connectivity index (χ0) is 26.7. The zero-order valence-electron chi connectivity index (χ0n) is 20.9. The molecule has 3 atom stereocenters. The highest BCUT2D eigenvalue weighted by atomic mass is 19.3. The van der Waals surface area contributed by atoms with Crippen LogP contribution in [0.3, 0.4) is 0 Å². The molecule has 4 aromatic rings. The molecule has 0 saturated carbocycles. The minimum absolute atomic E-state index is 0.00925. The molecule has 0 radical (unpaired) electrons. The van der Waals surface area contributed by atoms with E-state index in [0.717, 1.165) is 62.4 Å². The third-order valence-corrected chi connectivity index (χ3v) is 8.06. The van der Waals surface area contributed by atoms with Gasteiger partial charge in [-0.05, 0) is 55.1 Å². The fourth-order valence-electron chi connectivity index (χ4n) is 6.20. The van der Waals surface area contributed by atoms with Crippen LogP contribution >= 0.6 is 0 Å². The van der Waals surface area contributed by atoms with Crippen LogP contribution in [0.2, 0.25) is 0 Å². The Morgan fingerprint density at radius 3 is 2.56 bits per heavy atom. The van der Waals surface area contributed by atoms with Crippen molar-refractivity contribution in [2.75, 3.05) is 31.5 Å². The lowest BCUT2D eigenvalue weighted by Gasteiger charge is -2.17. The normalized spacial score (nSPS) is 22.6. The SMILES string of the molecule is Fc1cnc(Nc2ccc(CN3CC4CNCC4C3)cn2)nc1-c1cc(F)c2nc3n(c2c1)C(C(F)F)CC3. The van der Waals surface area contributed by atoms with Crippen LogP contribution in [0.15, 0.2) is 36.7 Å². The number of imidazole rings is 1. The lowest BCUT2D eigenvalue weighted by molar-refractivity contribution is 0.0883. The molecule has 8 nitrogen and oxygen atoms in total. The second-order valence-electron chi connectivity index (χ2n) is 10.6. The van der Waals surface area contributed by atoms with E-state index in [4.69, 9.17) is 0 Å². The summed E-state index contributed by atoms with van der Waals surface area (Å²) in [4.78, 5) is 19.4. The van der Waals surface area contributed by atoms with Gasteiger partial charge in [-0.1, -0.05) is 6.07 Å². The maximum atomic E-state index is 15.0. The Bertz CT molecular complexity index is 1530. The largest absolute Gasteiger partial charge is 0.319 e. The molecule has 3 aromatic heterocycles. The highest BCUT2D eigenvalue weighted by Crippen LogP contribution is 2.37. The van der Waals surface area contributed by atoms with E-state index in [1.54, 1.807) is 6.20 Å². The molecule has 0 amide bonds. The van der Waals surface area contributed by atoms with Gasteiger partial charge in [-0.15, -0.1) is 0 Å². The summed E-state index contributed by atoms with van der Waals surface area (Å²) in [5.74, 6) is 0.915. The van der Waals surface area contributed by atoms with Gasteiger partial charge in [0.25, 0.3) is 6.43 Å². The van der Waals surface area contributed by atoms with Crippen LogP contribution in [-0.2, 0) is 13.0 Å². The van der Waals surface area contributed by atoms with E-state index in [2.05, 4.69) is 35.5 Å². The van der Waals surface area contributed by atoms with Gasteiger partial charge in [0.05, 0.1) is 17.8 Å². The molecule has 1 aromatic carbocycles. The Morgan fingerprint density at radius 1 is 1.00 bits per heavy atom. The summed E-state index contributed by atoms with van der Waals surface area (Å²) in [6, 6.07) is 5.28. The number of aromatic nitrogens is 5. The predicted molar refractivity (Wildman–Crippen MR) is 137 cm³/mol. The number of hydrogen-bond acceptors (Lipinski definition) is 7. The second kappa shape index (κ2) is 9.53. The van der Waals surface area contributed by atoms with Crippen LogP contribution in [0.5, 0.6) is 0 Å². The molecule has 202 valence electrons. The number of halogens is 4. The first-order valence-electron chi connectivity index (χ1n) is 13.1. The summed E-state index contributed by atoms with van der Waals surface area (Å²) in [5, 5.41) is 6.42. The molecule has 0 bridgehead atoms. The highest BCUT2D eigenvalue weighted by molar-refractivity contribution is 5.83. The van der Waals surface area contributed by atoms with Crippen molar-refractivity contribution < 1.29 is 17.6 Å². The molecule has 7 rings (SSSR count).